The molecule has 1 fully saturated rings. The Balaban J connectivity index is 1.93. The van der Waals surface area contributed by atoms with Gasteiger partial charge in [0.2, 0.25) is 5.91 Å². The number of nitrogens with zero attached hydrogens (tertiary/aromatic N) is 1. The van der Waals surface area contributed by atoms with Gasteiger partial charge in [0.1, 0.15) is 0 Å². The normalized spacial score (nSPS) is 20.8. The Bertz CT molecular complexity index is 350. The van der Waals surface area contributed by atoms with Crippen molar-refractivity contribution in [3.05, 3.63) is 35.9 Å². The third-order valence-electron chi connectivity index (χ3n) is 2.95. The minimum atomic E-state index is -0.339. The second-order valence-electron chi connectivity index (χ2n) is 4.30. The predicted octanol–water partition coefficient (Wildman–Crippen LogP) is 1.21. The highest BCUT2D eigenvalue weighted by molar-refractivity contribution is 5.78. The molecule has 0 radical (unpaired) electrons. The summed E-state index contributed by atoms with van der Waals surface area (Å²) in [4.78, 5) is 13.7. The monoisotopic (exact) mass is 219 g/mol. The fourth-order valence-electron chi connectivity index (χ4n) is 2.06. The molecule has 0 bridgehead atoms. The van der Waals surface area contributed by atoms with E-state index < -0.39 is 0 Å². The van der Waals surface area contributed by atoms with E-state index in [9.17, 15) is 9.90 Å². The Morgan fingerprint density at radius 3 is 2.81 bits per heavy atom. The van der Waals surface area contributed by atoms with Crippen LogP contribution in [-0.4, -0.2) is 35.1 Å². The molecule has 3 heteroatoms. The molecule has 1 aromatic rings. The Kier molecular flexibility index (Phi) is 3.57. The van der Waals surface area contributed by atoms with E-state index in [-0.39, 0.29) is 12.0 Å². The van der Waals surface area contributed by atoms with Crippen LogP contribution in [0.4, 0.5) is 0 Å². The van der Waals surface area contributed by atoms with Crippen LogP contribution < -0.4 is 0 Å². The summed E-state index contributed by atoms with van der Waals surface area (Å²) in [6, 6.07) is 9.73. The smallest absolute Gasteiger partial charge is 0.227 e. The number of hydrogen-bond donors (Lipinski definition) is 1. The highest BCUT2D eigenvalue weighted by Crippen LogP contribution is 2.11. The van der Waals surface area contributed by atoms with Crippen LogP contribution in [0.2, 0.25) is 0 Å². The van der Waals surface area contributed by atoms with Crippen molar-refractivity contribution in [3.63, 3.8) is 0 Å². The van der Waals surface area contributed by atoms with Gasteiger partial charge in [-0.05, 0) is 18.4 Å². The lowest BCUT2D eigenvalue weighted by Crippen LogP contribution is -2.42. The molecule has 16 heavy (non-hydrogen) atoms. The third-order valence-corrected chi connectivity index (χ3v) is 2.95. The molecular formula is C13H17NO2. The van der Waals surface area contributed by atoms with Gasteiger partial charge in [0.15, 0.2) is 0 Å². The van der Waals surface area contributed by atoms with Crippen LogP contribution in [0, 0.1) is 0 Å². The number of rotatable bonds is 2. The van der Waals surface area contributed by atoms with Crippen molar-refractivity contribution in [1.82, 2.24) is 4.90 Å². The van der Waals surface area contributed by atoms with Gasteiger partial charge in [-0.25, -0.2) is 0 Å². The first-order chi connectivity index (χ1) is 7.75. The molecule has 0 aliphatic carbocycles. The van der Waals surface area contributed by atoms with Crippen LogP contribution in [0.5, 0.6) is 0 Å². The van der Waals surface area contributed by atoms with Crippen molar-refractivity contribution >= 4 is 5.91 Å². The van der Waals surface area contributed by atoms with Crippen LogP contribution in [0.1, 0.15) is 18.4 Å². The van der Waals surface area contributed by atoms with Gasteiger partial charge < -0.3 is 10.0 Å². The predicted molar refractivity (Wildman–Crippen MR) is 62.0 cm³/mol. The minimum absolute atomic E-state index is 0.116. The number of amides is 1. The maximum Gasteiger partial charge on any atom is 0.227 e. The van der Waals surface area contributed by atoms with Crippen molar-refractivity contribution in [2.45, 2.75) is 25.4 Å². The molecule has 1 saturated heterocycles. The standard InChI is InChI=1S/C13H17NO2/c15-12-7-4-8-14(10-12)13(16)9-11-5-2-1-3-6-11/h1-3,5-6,12,15H,4,7-10H2/t12-/m0/s1. The molecule has 86 valence electrons. The molecule has 0 unspecified atom stereocenters. The van der Waals surface area contributed by atoms with Crippen LogP contribution in [0.15, 0.2) is 30.3 Å². The van der Waals surface area contributed by atoms with Gasteiger partial charge in [-0.2, -0.15) is 0 Å². The lowest BCUT2D eigenvalue weighted by atomic mass is 10.1. The van der Waals surface area contributed by atoms with E-state index >= 15 is 0 Å². The van der Waals surface area contributed by atoms with E-state index in [1.165, 1.54) is 0 Å². The van der Waals surface area contributed by atoms with E-state index in [1.54, 1.807) is 4.90 Å². The summed E-state index contributed by atoms with van der Waals surface area (Å²) in [7, 11) is 0. The number of hydrogen-bond acceptors (Lipinski definition) is 2. The van der Waals surface area contributed by atoms with Crippen molar-refractivity contribution < 1.29 is 9.90 Å². The zero-order chi connectivity index (χ0) is 11.4. The quantitative estimate of drug-likeness (QED) is 0.812. The number of aliphatic hydroxyl groups excluding tert-OH is 1. The number of β-amino-alcohol motifs (C(OH)–C–C–N with tert-alkyl or cyclic N) is 1. The van der Waals surface area contributed by atoms with Gasteiger partial charge in [-0.1, -0.05) is 30.3 Å². The molecule has 1 N–H and O–H groups in total. The number of piperidine rings is 1. The van der Waals surface area contributed by atoms with E-state index in [0.29, 0.717) is 13.0 Å². The highest BCUT2D eigenvalue weighted by atomic mass is 16.3. The van der Waals surface area contributed by atoms with Crippen LogP contribution >= 0.6 is 0 Å². The summed E-state index contributed by atoms with van der Waals surface area (Å²) in [5, 5.41) is 9.50. The van der Waals surface area contributed by atoms with E-state index in [2.05, 4.69) is 0 Å². The molecule has 1 aliphatic rings. The first-order valence-corrected chi connectivity index (χ1v) is 5.75. The first kappa shape index (κ1) is 11.1. The molecule has 1 aliphatic heterocycles. The number of aliphatic hydroxyl groups is 1. The summed E-state index contributed by atoms with van der Waals surface area (Å²) >= 11 is 0. The van der Waals surface area contributed by atoms with Gasteiger partial charge in [-0.3, -0.25) is 4.79 Å². The molecule has 3 nitrogen and oxygen atoms in total. The maximum absolute atomic E-state index is 11.9. The average molecular weight is 219 g/mol. The first-order valence-electron chi connectivity index (χ1n) is 5.75. The van der Waals surface area contributed by atoms with Gasteiger partial charge in [-0.15, -0.1) is 0 Å². The lowest BCUT2D eigenvalue weighted by molar-refractivity contribution is -0.133. The molecule has 0 aromatic heterocycles. The Morgan fingerprint density at radius 1 is 1.38 bits per heavy atom. The van der Waals surface area contributed by atoms with Gasteiger partial charge in [0.05, 0.1) is 12.5 Å². The lowest BCUT2D eigenvalue weighted by Gasteiger charge is -2.30. The summed E-state index contributed by atoms with van der Waals surface area (Å²) < 4.78 is 0. The number of benzene rings is 1. The fraction of sp³-hybridized carbons (Fsp3) is 0.462. The molecular weight excluding hydrogens is 202 g/mol. The maximum atomic E-state index is 11.9. The Labute approximate surface area is 95.7 Å². The Morgan fingerprint density at radius 2 is 2.12 bits per heavy atom. The number of carbonyl (C=O) groups excluding carboxylic acids is 1. The molecule has 0 saturated carbocycles. The molecule has 1 heterocycles. The number of likely N-dealkylation sites (tertiary alicyclic amines) is 1. The topological polar surface area (TPSA) is 40.5 Å². The van der Waals surface area contributed by atoms with Crippen molar-refractivity contribution in [2.24, 2.45) is 0 Å². The third kappa shape index (κ3) is 2.83. The Hall–Kier alpha value is -1.35. The van der Waals surface area contributed by atoms with Crippen LogP contribution in [0.3, 0.4) is 0 Å². The fourth-order valence-corrected chi connectivity index (χ4v) is 2.06. The van der Waals surface area contributed by atoms with Crippen LogP contribution in [-0.2, 0) is 11.2 Å². The molecule has 1 aromatic carbocycles. The largest absolute Gasteiger partial charge is 0.391 e. The van der Waals surface area contributed by atoms with Crippen molar-refractivity contribution in [1.29, 1.82) is 0 Å². The average Bonchev–Trinajstić information content (AvgIpc) is 2.30. The van der Waals surface area contributed by atoms with E-state index in [1.807, 2.05) is 30.3 Å². The molecule has 1 atom stereocenters. The zero-order valence-electron chi connectivity index (χ0n) is 9.30. The highest BCUT2D eigenvalue weighted by Gasteiger charge is 2.21. The van der Waals surface area contributed by atoms with Gasteiger partial charge >= 0.3 is 0 Å². The van der Waals surface area contributed by atoms with E-state index in [0.717, 1.165) is 24.9 Å². The van der Waals surface area contributed by atoms with Gasteiger partial charge in [0, 0.05) is 13.1 Å². The minimum Gasteiger partial charge on any atom is -0.391 e. The SMILES string of the molecule is O=C(Cc1ccccc1)N1CCC[C@H](O)C1. The summed E-state index contributed by atoms with van der Waals surface area (Å²) in [5.74, 6) is 0.116. The summed E-state index contributed by atoms with van der Waals surface area (Å²) in [5.41, 5.74) is 1.03. The summed E-state index contributed by atoms with van der Waals surface area (Å²) in [6.07, 6.45) is 1.82. The van der Waals surface area contributed by atoms with Crippen molar-refractivity contribution in [2.75, 3.05) is 13.1 Å². The van der Waals surface area contributed by atoms with Crippen molar-refractivity contribution in [3.8, 4) is 0 Å². The molecule has 2 rings (SSSR count). The molecule has 1 amide bonds. The summed E-state index contributed by atoms with van der Waals surface area (Å²) in [6.45, 7) is 1.27. The van der Waals surface area contributed by atoms with E-state index in [4.69, 9.17) is 0 Å². The zero-order valence-corrected chi connectivity index (χ0v) is 9.30. The second kappa shape index (κ2) is 5.12. The van der Waals surface area contributed by atoms with Gasteiger partial charge in [0.25, 0.3) is 0 Å². The number of carbonyl (C=O) groups is 1. The second-order valence-corrected chi connectivity index (χ2v) is 4.30. The van der Waals surface area contributed by atoms with Crippen LogP contribution in [0.25, 0.3) is 0 Å². The molecule has 0 spiro atoms.